The van der Waals surface area contributed by atoms with E-state index in [1.807, 2.05) is 31.2 Å². The van der Waals surface area contributed by atoms with Gasteiger partial charge in [0.25, 0.3) is 5.91 Å². The van der Waals surface area contributed by atoms with Gasteiger partial charge in [0.1, 0.15) is 11.6 Å². The number of carbonyl (C=O) groups excluding carboxylic acids is 1. The first-order valence-electron chi connectivity index (χ1n) is 10.8. The monoisotopic (exact) mass is 417 g/mol. The average molecular weight is 418 g/mol. The Morgan fingerprint density at radius 2 is 1.94 bits per heavy atom. The summed E-state index contributed by atoms with van der Waals surface area (Å²) in [4.78, 5) is 12.7. The summed E-state index contributed by atoms with van der Waals surface area (Å²) in [6.45, 7) is 2.74. The maximum atomic E-state index is 12.7. The Morgan fingerprint density at radius 1 is 1.13 bits per heavy atom. The first kappa shape index (κ1) is 20.8. The Labute approximate surface area is 182 Å². The van der Waals surface area contributed by atoms with Gasteiger partial charge in [0.05, 0.1) is 6.04 Å². The zero-order valence-corrected chi connectivity index (χ0v) is 17.7. The second-order valence-corrected chi connectivity index (χ2v) is 7.91. The molecule has 4 rings (SSSR count). The van der Waals surface area contributed by atoms with Crippen molar-refractivity contribution in [1.82, 2.24) is 10.6 Å². The van der Waals surface area contributed by atoms with E-state index in [1.54, 1.807) is 0 Å². The number of fused-ring (bicyclic) bond motifs is 2. The Hall–Kier alpha value is -3.46. The molecule has 2 aliphatic rings. The highest BCUT2D eigenvalue weighted by Crippen LogP contribution is 2.32. The Kier molecular flexibility index (Phi) is 6.42. The van der Waals surface area contributed by atoms with Crippen molar-refractivity contribution in [3.8, 4) is 17.6 Å². The number of carbonyl (C=O) groups is 1. The molecule has 2 aromatic rings. The normalized spacial score (nSPS) is 15.5. The number of ether oxygens (including phenoxy) is 2. The molecule has 2 N–H and O–H groups in total. The number of hydrogen-bond acceptors (Lipinski definition) is 5. The SMILES string of the molecule is CCC(NC(=O)/C(C#N)=C\NCc1ccc2c(c1)OCO2)c1ccc2c(c1)CCCC2. The predicted molar refractivity (Wildman–Crippen MR) is 117 cm³/mol. The summed E-state index contributed by atoms with van der Waals surface area (Å²) in [5.41, 5.74) is 4.93. The minimum absolute atomic E-state index is 0.0529. The molecule has 0 saturated heterocycles. The van der Waals surface area contributed by atoms with Crippen LogP contribution in [0, 0.1) is 11.3 Å². The predicted octanol–water partition coefficient (Wildman–Crippen LogP) is 4.06. The van der Waals surface area contributed by atoms with Crippen molar-refractivity contribution in [2.75, 3.05) is 6.79 Å². The van der Waals surface area contributed by atoms with Crippen LogP contribution in [0.1, 0.15) is 54.5 Å². The highest BCUT2D eigenvalue weighted by atomic mass is 16.7. The lowest BCUT2D eigenvalue weighted by atomic mass is 9.88. The van der Waals surface area contributed by atoms with Gasteiger partial charge in [-0.2, -0.15) is 5.26 Å². The summed E-state index contributed by atoms with van der Waals surface area (Å²) >= 11 is 0. The first-order valence-corrected chi connectivity index (χ1v) is 10.8. The number of rotatable bonds is 7. The van der Waals surface area contributed by atoms with Gasteiger partial charge >= 0.3 is 0 Å². The lowest BCUT2D eigenvalue weighted by molar-refractivity contribution is -0.117. The minimum Gasteiger partial charge on any atom is -0.454 e. The Balaban J connectivity index is 1.38. The summed E-state index contributed by atoms with van der Waals surface area (Å²) in [6.07, 6.45) is 6.93. The van der Waals surface area contributed by atoms with Gasteiger partial charge in [0.2, 0.25) is 6.79 Å². The number of hydrogen-bond donors (Lipinski definition) is 2. The van der Waals surface area contributed by atoms with E-state index < -0.39 is 0 Å². The van der Waals surface area contributed by atoms with Crippen LogP contribution < -0.4 is 20.1 Å². The maximum Gasteiger partial charge on any atom is 0.263 e. The standard InChI is InChI=1S/C25H27N3O3/c1-2-22(20-9-8-18-5-3-4-6-19(18)12-20)28-25(29)21(13-26)15-27-14-17-7-10-23-24(11-17)31-16-30-23/h7-12,15,22,27H,2-6,14,16H2,1H3,(H,28,29)/b21-15-. The van der Waals surface area contributed by atoms with Gasteiger partial charge in [-0.25, -0.2) is 0 Å². The summed E-state index contributed by atoms with van der Waals surface area (Å²) in [5.74, 6) is 1.06. The van der Waals surface area contributed by atoms with E-state index in [0.29, 0.717) is 12.3 Å². The molecule has 0 fully saturated rings. The molecule has 0 saturated carbocycles. The van der Waals surface area contributed by atoms with E-state index in [4.69, 9.17) is 9.47 Å². The lowest BCUT2D eigenvalue weighted by Gasteiger charge is -2.21. The van der Waals surface area contributed by atoms with Crippen LogP contribution in [-0.2, 0) is 24.2 Å². The summed E-state index contributed by atoms with van der Waals surface area (Å²) < 4.78 is 10.7. The third-order valence-electron chi connectivity index (χ3n) is 5.84. The fourth-order valence-corrected chi connectivity index (χ4v) is 4.10. The molecular formula is C25H27N3O3. The van der Waals surface area contributed by atoms with Gasteiger partial charge in [-0.15, -0.1) is 0 Å². The van der Waals surface area contributed by atoms with E-state index in [-0.39, 0.29) is 24.3 Å². The maximum absolute atomic E-state index is 12.7. The second-order valence-electron chi connectivity index (χ2n) is 7.91. The van der Waals surface area contributed by atoms with Gasteiger partial charge in [0.15, 0.2) is 11.5 Å². The van der Waals surface area contributed by atoms with Crippen molar-refractivity contribution in [3.05, 3.63) is 70.4 Å². The molecule has 1 amide bonds. The van der Waals surface area contributed by atoms with Gasteiger partial charge in [0, 0.05) is 12.7 Å². The molecule has 6 heteroatoms. The van der Waals surface area contributed by atoms with Crippen LogP contribution in [0.3, 0.4) is 0 Å². The van der Waals surface area contributed by atoms with Crippen molar-refractivity contribution in [1.29, 1.82) is 5.26 Å². The largest absolute Gasteiger partial charge is 0.454 e. The third-order valence-corrected chi connectivity index (χ3v) is 5.84. The molecule has 0 aromatic heterocycles. The number of amides is 1. The van der Waals surface area contributed by atoms with Gasteiger partial charge in [-0.05, 0) is 66.5 Å². The van der Waals surface area contributed by atoms with Crippen molar-refractivity contribution in [3.63, 3.8) is 0 Å². The van der Waals surface area contributed by atoms with Crippen molar-refractivity contribution < 1.29 is 14.3 Å². The second kappa shape index (κ2) is 9.57. The number of benzene rings is 2. The highest BCUT2D eigenvalue weighted by molar-refractivity contribution is 5.97. The average Bonchev–Trinajstić information content (AvgIpc) is 3.28. The minimum atomic E-state index is -0.370. The molecule has 1 aliphatic carbocycles. The fraction of sp³-hybridized carbons (Fsp3) is 0.360. The zero-order valence-electron chi connectivity index (χ0n) is 17.7. The molecule has 0 bridgehead atoms. The molecule has 2 aromatic carbocycles. The molecule has 1 heterocycles. The highest BCUT2D eigenvalue weighted by Gasteiger charge is 2.18. The molecule has 31 heavy (non-hydrogen) atoms. The van der Waals surface area contributed by atoms with Crippen molar-refractivity contribution in [2.45, 2.75) is 51.6 Å². The third kappa shape index (κ3) is 4.83. The van der Waals surface area contributed by atoms with Crippen molar-refractivity contribution >= 4 is 5.91 Å². The molecule has 1 aliphatic heterocycles. The summed E-state index contributed by atoms with van der Waals surface area (Å²) in [5, 5.41) is 15.6. The van der Waals surface area contributed by atoms with E-state index in [2.05, 4.69) is 28.8 Å². The van der Waals surface area contributed by atoms with Crippen LogP contribution >= 0.6 is 0 Å². The molecular weight excluding hydrogens is 390 g/mol. The van der Waals surface area contributed by atoms with Crippen LogP contribution in [0.5, 0.6) is 11.5 Å². The number of nitrogens with one attached hydrogen (secondary N) is 2. The van der Waals surface area contributed by atoms with Gasteiger partial charge < -0.3 is 20.1 Å². The number of aryl methyl sites for hydroxylation is 2. The molecule has 0 spiro atoms. The topological polar surface area (TPSA) is 83.4 Å². The summed E-state index contributed by atoms with van der Waals surface area (Å²) in [6, 6.07) is 14.1. The van der Waals surface area contributed by atoms with E-state index in [0.717, 1.165) is 36.1 Å². The summed E-state index contributed by atoms with van der Waals surface area (Å²) in [7, 11) is 0. The molecule has 0 radical (unpaired) electrons. The quantitative estimate of drug-likeness (QED) is 0.524. The molecule has 6 nitrogen and oxygen atoms in total. The Bertz CT molecular complexity index is 1040. The molecule has 1 atom stereocenters. The first-order chi connectivity index (χ1) is 15.2. The van der Waals surface area contributed by atoms with Crippen LogP contribution in [0.15, 0.2) is 48.2 Å². The van der Waals surface area contributed by atoms with Crippen LogP contribution in [0.25, 0.3) is 0 Å². The van der Waals surface area contributed by atoms with Crippen LogP contribution in [-0.4, -0.2) is 12.7 Å². The Morgan fingerprint density at radius 3 is 2.74 bits per heavy atom. The van der Waals surface area contributed by atoms with Gasteiger partial charge in [-0.3, -0.25) is 4.79 Å². The smallest absolute Gasteiger partial charge is 0.263 e. The van der Waals surface area contributed by atoms with Crippen LogP contribution in [0.2, 0.25) is 0 Å². The van der Waals surface area contributed by atoms with Crippen LogP contribution in [0.4, 0.5) is 0 Å². The van der Waals surface area contributed by atoms with Crippen molar-refractivity contribution in [2.24, 2.45) is 0 Å². The van der Waals surface area contributed by atoms with Gasteiger partial charge in [-0.1, -0.05) is 31.2 Å². The van der Waals surface area contributed by atoms with E-state index in [9.17, 15) is 10.1 Å². The van der Waals surface area contributed by atoms with E-state index >= 15 is 0 Å². The number of nitriles is 1. The number of nitrogens with zero attached hydrogens (tertiary/aromatic N) is 1. The zero-order chi connectivity index (χ0) is 21.6. The van der Waals surface area contributed by atoms with E-state index in [1.165, 1.54) is 30.2 Å². The lowest BCUT2D eigenvalue weighted by Crippen LogP contribution is -2.30. The molecule has 1 unspecified atom stereocenters. The fourth-order valence-electron chi connectivity index (χ4n) is 4.10. The molecule has 160 valence electrons.